The Balaban J connectivity index is 2.05. The molecule has 0 aliphatic rings. The Hall–Kier alpha value is -3.36. The zero-order valence-corrected chi connectivity index (χ0v) is 24.6. The average Bonchev–Trinajstić information content (AvgIpc) is 2.91. The minimum atomic E-state index is -4.15. The molecule has 0 bridgehead atoms. The Morgan fingerprint density at radius 2 is 1.49 bits per heavy atom. The van der Waals surface area contributed by atoms with Gasteiger partial charge in [0.05, 0.1) is 10.6 Å². The predicted molar refractivity (Wildman–Crippen MR) is 156 cm³/mol. The summed E-state index contributed by atoms with van der Waals surface area (Å²) >= 11 is 6.00. The molecule has 0 unspecified atom stereocenters. The van der Waals surface area contributed by atoms with E-state index < -0.39 is 28.5 Å². The van der Waals surface area contributed by atoms with Crippen LogP contribution in [-0.2, 0) is 26.2 Å². The summed E-state index contributed by atoms with van der Waals surface area (Å²) in [6.45, 7) is 8.93. The molecule has 0 radical (unpaired) electrons. The number of nitrogens with one attached hydrogen (secondary N) is 1. The van der Waals surface area contributed by atoms with Crippen LogP contribution in [0.4, 0.5) is 5.69 Å². The number of aryl methyl sites for hydroxylation is 2. The van der Waals surface area contributed by atoms with Crippen LogP contribution in [0.25, 0.3) is 0 Å². The average molecular weight is 570 g/mol. The highest BCUT2D eigenvalue weighted by atomic mass is 35.5. The van der Waals surface area contributed by atoms with Gasteiger partial charge in [0, 0.05) is 17.6 Å². The van der Waals surface area contributed by atoms with Crippen molar-refractivity contribution in [1.82, 2.24) is 10.2 Å². The molecule has 0 aromatic heterocycles. The molecule has 7 nitrogen and oxygen atoms in total. The Morgan fingerprint density at radius 3 is 2.08 bits per heavy atom. The van der Waals surface area contributed by atoms with Gasteiger partial charge in [-0.3, -0.25) is 13.9 Å². The van der Waals surface area contributed by atoms with E-state index in [-0.39, 0.29) is 23.4 Å². The van der Waals surface area contributed by atoms with Gasteiger partial charge < -0.3 is 10.2 Å². The fraction of sp³-hybridized carbons (Fsp3) is 0.333. The maximum atomic E-state index is 14.0. The first-order valence-electron chi connectivity index (χ1n) is 12.9. The number of carbonyl (C=O) groups is 2. The van der Waals surface area contributed by atoms with Crippen molar-refractivity contribution >= 4 is 39.1 Å². The quantitative estimate of drug-likeness (QED) is 0.331. The molecular weight excluding hydrogens is 534 g/mol. The second kappa shape index (κ2) is 13.1. The third-order valence-corrected chi connectivity index (χ3v) is 8.86. The van der Waals surface area contributed by atoms with Crippen molar-refractivity contribution in [2.24, 2.45) is 0 Å². The molecule has 3 aromatic rings. The van der Waals surface area contributed by atoms with Gasteiger partial charge in [-0.05, 0) is 81.1 Å². The lowest BCUT2D eigenvalue weighted by Crippen LogP contribution is -2.52. The zero-order valence-electron chi connectivity index (χ0n) is 23.0. The lowest BCUT2D eigenvalue weighted by molar-refractivity contribution is -0.139. The van der Waals surface area contributed by atoms with E-state index in [0.717, 1.165) is 21.9 Å². The summed E-state index contributed by atoms with van der Waals surface area (Å²) < 4.78 is 28.9. The summed E-state index contributed by atoms with van der Waals surface area (Å²) in [6.07, 6.45) is 0.741. The van der Waals surface area contributed by atoms with Crippen LogP contribution in [0.1, 0.15) is 43.9 Å². The standard InChI is InChI=1S/C30H36ClN3O4S/c1-6-23(4)32-30(36)24(5)33(19-25-13-9-7-11-21(25)2)29(35)20-34(28-14-10-8-12-22(28)3)39(37,38)27-17-15-26(31)16-18-27/h7-18,23-24H,6,19-20H2,1-5H3,(H,32,36)/t23-,24+/m1/s1. The van der Waals surface area contributed by atoms with E-state index in [0.29, 0.717) is 16.3 Å². The van der Waals surface area contributed by atoms with Crippen molar-refractivity contribution in [2.75, 3.05) is 10.8 Å². The minimum Gasteiger partial charge on any atom is -0.352 e. The van der Waals surface area contributed by atoms with Crippen LogP contribution in [-0.4, -0.2) is 43.8 Å². The number of carbonyl (C=O) groups excluding carboxylic acids is 2. The molecule has 2 amide bonds. The van der Waals surface area contributed by atoms with Gasteiger partial charge in [-0.25, -0.2) is 8.42 Å². The van der Waals surface area contributed by atoms with Gasteiger partial charge in [-0.2, -0.15) is 0 Å². The van der Waals surface area contributed by atoms with Crippen molar-refractivity contribution in [3.63, 3.8) is 0 Å². The number of rotatable bonds is 11. The fourth-order valence-electron chi connectivity index (χ4n) is 4.11. The molecule has 3 rings (SSSR count). The molecule has 0 heterocycles. The van der Waals surface area contributed by atoms with Crippen LogP contribution in [0, 0.1) is 13.8 Å². The molecule has 0 saturated carbocycles. The number of hydrogen-bond donors (Lipinski definition) is 1. The summed E-state index contributed by atoms with van der Waals surface area (Å²) in [7, 11) is -4.15. The number of halogens is 1. The molecule has 9 heteroatoms. The highest BCUT2D eigenvalue weighted by Crippen LogP contribution is 2.28. The van der Waals surface area contributed by atoms with Crippen LogP contribution < -0.4 is 9.62 Å². The van der Waals surface area contributed by atoms with Crippen LogP contribution in [0.5, 0.6) is 0 Å². The van der Waals surface area contributed by atoms with Crippen molar-refractivity contribution in [3.8, 4) is 0 Å². The molecule has 0 spiro atoms. The van der Waals surface area contributed by atoms with Gasteiger partial charge in [0.1, 0.15) is 12.6 Å². The van der Waals surface area contributed by atoms with Crippen LogP contribution >= 0.6 is 11.6 Å². The van der Waals surface area contributed by atoms with Crippen molar-refractivity contribution in [1.29, 1.82) is 0 Å². The highest BCUT2D eigenvalue weighted by molar-refractivity contribution is 7.92. The number of anilines is 1. The lowest BCUT2D eigenvalue weighted by atomic mass is 10.1. The molecule has 0 saturated heterocycles. The van der Waals surface area contributed by atoms with Crippen LogP contribution in [0.2, 0.25) is 5.02 Å². The first kappa shape index (κ1) is 30.2. The van der Waals surface area contributed by atoms with Crippen molar-refractivity contribution in [3.05, 3.63) is 94.5 Å². The largest absolute Gasteiger partial charge is 0.352 e. The normalized spacial score (nSPS) is 12.9. The fourth-order valence-corrected chi connectivity index (χ4v) is 5.71. The number of hydrogen-bond acceptors (Lipinski definition) is 4. The van der Waals surface area contributed by atoms with Gasteiger partial charge in [-0.15, -0.1) is 0 Å². The SMILES string of the molecule is CC[C@@H](C)NC(=O)[C@H](C)N(Cc1ccccc1C)C(=O)CN(c1ccccc1C)S(=O)(=O)c1ccc(Cl)cc1. The maximum absolute atomic E-state index is 14.0. The topological polar surface area (TPSA) is 86.8 Å². The molecule has 3 aromatic carbocycles. The number of para-hydroxylation sites is 1. The van der Waals surface area contributed by atoms with Gasteiger partial charge in [-0.1, -0.05) is 61.0 Å². The van der Waals surface area contributed by atoms with E-state index >= 15 is 0 Å². The van der Waals surface area contributed by atoms with E-state index in [1.807, 2.05) is 45.0 Å². The van der Waals surface area contributed by atoms with Crippen molar-refractivity contribution in [2.45, 2.75) is 64.6 Å². The molecule has 1 N–H and O–H groups in total. The number of sulfonamides is 1. The minimum absolute atomic E-state index is 0.0102. The highest BCUT2D eigenvalue weighted by Gasteiger charge is 2.33. The van der Waals surface area contributed by atoms with E-state index in [1.54, 1.807) is 38.1 Å². The Morgan fingerprint density at radius 1 is 0.897 bits per heavy atom. The smallest absolute Gasteiger partial charge is 0.264 e. The number of nitrogens with zero attached hydrogens (tertiary/aromatic N) is 2. The van der Waals surface area contributed by atoms with Gasteiger partial charge in [0.15, 0.2) is 0 Å². The second-order valence-electron chi connectivity index (χ2n) is 9.69. The third kappa shape index (κ3) is 7.40. The Kier molecular flexibility index (Phi) is 10.2. The van der Waals surface area contributed by atoms with E-state index in [4.69, 9.17) is 11.6 Å². The summed E-state index contributed by atoms with van der Waals surface area (Å²) in [6, 6.07) is 19.5. The zero-order chi connectivity index (χ0) is 28.7. The first-order chi connectivity index (χ1) is 18.4. The molecule has 2 atom stereocenters. The number of amides is 2. The molecule has 0 aliphatic carbocycles. The van der Waals surface area contributed by atoms with Gasteiger partial charge >= 0.3 is 0 Å². The van der Waals surface area contributed by atoms with Crippen molar-refractivity contribution < 1.29 is 18.0 Å². The van der Waals surface area contributed by atoms with E-state index in [9.17, 15) is 18.0 Å². The molecule has 0 aliphatic heterocycles. The number of benzene rings is 3. The van der Waals surface area contributed by atoms with Gasteiger partial charge in [0.2, 0.25) is 11.8 Å². The molecular formula is C30H36ClN3O4S. The Labute approximate surface area is 236 Å². The first-order valence-corrected chi connectivity index (χ1v) is 14.8. The maximum Gasteiger partial charge on any atom is 0.264 e. The Bertz CT molecular complexity index is 1410. The monoisotopic (exact) mass is 569 g/mol. The van der Waals surface area contributed by atoms with Crippen LogP contribution in [0.15, 0.2) is 77.7 Å². The summed E-state index contributed by atoms with van der Waals surface area (Å²) in [5.41, 5.74) is 2.91. The summed E-state index contributed by atoms with van der Waals surface area (Å²) in [5.74, 6) is -0.792. The van der Waals surface area contributed by atoms with E-state index in [2.05, 4.69) is 5.32 Å². The summed E-state index contributed by atoms with van der Waals surface area (Å²) in [4.78, 5) is 28.6. The predicted octanol–water partition coefficient (Wildman–Crippen LogP) is 5.48. The van der Waals surface area contributed by atoms with Gasteiger partial charge in [0.25, 0.3) is 10.0 Å². The lowest BCUT2D eigenvalue weighted by Gasteiger charge is -2.33. The second-order valence-corrected chi connectivity index (χ2v) is 12.0. The molecule has 208 valence electrons. The third-order valence-electron chi connectivity index (χ3n) is 6.83. The molecule has 39 heavy (non-hydrogen) atoms. The van der Waals surface area contributed by atoms with E-state index in [1.165, 1.54) is 29.2 Å². The molecule has 0 fully saturated rings. The summed E-state index contributed by atoms with van der Waals surface area (Å²) in [5, 5.41) is 3.34. The van der Waals surface area contributed by atoms with Crippen LogP contribution in [0.3, 0.4) is 0 Å².